The molecule has 0 aliphatic rings. The standard InChI is InChI=1S/C5H9NO3.C2H6/c1-9-5(8)3-2-4(6)7;1-2/h2-3H2,1H3,(H2,6,7);1-2H3. The Morgan fingerprint density at radius 1 is 1.27 bits per heavy atom. The van der Waals surface area contributed by atoms with E-state index in [0.717, 1.165) is 0 Å². The first-order valence-electron chi connectivity index (χ1n) is 3.52. The fourth-order valence-corrected chi connectivity index (χ4v) is 0.327. The van der Waals surface area contributed by atoms with Crippen LogP contribution in [0.5, 0.6) is 0 Å². The number of carbonyl (C=O) groups is 2. The summed E-state index contributed by atoms with van der Waals surface area (Å²) >= 11 is 0. The van der Waals surface area contributed by atoms with Crippen LogP contribution in [0.4, 0.5) is 0 Å². The molecule has 0 aliphatic carbocycles. The van der Waals surface area contributed by atoms with Crippen LogP contribution in [0.2, 0.25) is 0 Å². The van der Waals surface area contributed by atoms with Gasteiger partial charge >= 0.3 is 5.97 Å². The molecule has 0 unspecified atom stereocenters. The Kier molecular flexibility index (Phi) is 10.2. The van der Waals surface area contributed by atoms with Crippen molar-refractivity contribution in [3.05, 3.63) is 0 Å². The van der Waals surface area contributed by atoms with Gasteiger partial charge in [0.25, 0.3) is 0 Å². The van der Waals surface area contributed by atoms with Crippen LogP contribution in [0.25, 0.3) is 0 Å². The summed E-state index contributed by atoms with van der Waals surface area (Å²) in [5.41, 5.74) is 4.75. The molecule has 0 saturated heterocycles. The molecule has 0 rings (SSSR count). The number of esters is 1. The Hall–Kier alpha value is -1.06. The van der Waals surface area contributed by atoms with Gasteiger partial charge in [0.15, 0.2) is 0 Å². The normalized spacial score (nSPS) is 7.55. The minimum atomic E-state index is -0.486. The molecule has 0 bridgehead atoms. The fraction of sp³-hybridized carbons (Fsp3) is 0.714. The monoisotopic (exact) mass is 161 g/mol. The highest BCUT2D eigenvalue weighted by molar-refractivity contribution is 5.79. The predicted octanol–water partition coefficient (Wildman–Crippen LogP) is 0.451. The number of amides is 1. The lowest BCUT2D eigenvalue weighted by molar-refractivity contribution is -0.141. The summed E-state index contributed by atoms with van der Waals surface area (Å²) in [5.74, 6) is -0.894. The van der Waals surface area contributed by atoms with E-state index in [0.29, 0.717) is 0 Å². The molecule has 0 spiro atoms. The SMILES string of the molecule is CC.COC(=O)CCC(N)=O. The maximum atomic E-state index is 10.3. The summed E-state index contributed by atoms with van der Waals surface area (Å²) < 4.78 is 4.25. The fourth-order valence-electron chi connectivity index (χ4n) is 0.327. The first kappa shape index (κ1) is 12.6. The van der Waals surface area contributed by atoms with Crippen molar-refractivity contribution in [2.24, 2.45) is 5.73 Å². The second-order valence-electron chi connectivity index (χ2n) is 1.54. The van der Waals surface area contributed by atoms with Crippen molar-refractivity contribution in [2.75, 3.05) is 7.11 Å². The highest BCUT2D eigenvalue weighted by atomic mass is 16.5. The molecule has 11 heavy (non-hydrogen) atoms. The number of ether oxygens (including phenoxy) is 1. The van der Waals surface area contributed by atoms with Gasteiger partial charge < -0.3 is 10.5 Å². The third kappa shape index (κ3) is 12.2. The molecule has 0 aromatic carbocycles. The zero-order valence-electron chi connectivity index (χ0n) is 7.22. The maximum absolute atomic E-state index is 10.3. The average Bonchev–Trinajstić information content (AvgIpc) is 2.04. The van der Waals surface area contributed by atoms with Crippen LogP contribution in [0.1, 0.15) is 26.7 Å². The first-order chi connectivity index (χ1) is 5.16. The zero-order valence-corrected chi connectivity index (χ0v) is 7.22. The van der Waals surface area contributed by atoms with Crippen molar-refractivity contribution < 1.29 is 14.3 Å². The lowest BCUT2D eigenvalue weighted by Gasteiger charge is -1.93. The van der Waals surface area contributed by atoms with Crippen LogP contribution < -0.4 is 5.73 Å². The molecule has 0 fully saturated rings. The van der Waals surface area contributed by atoms with Crippen LogP contribution in [-0.2, 0) is 14.3 Å². The third-order valence-corrected chi connectivity index (χ3v) is 0.803. The molecule has 0 radical (unpaired) electrons. The third-order valence-electron chi connectivity index (χ3n) is 0.803. The topological polar surface area (TPSA) is 69.4 Å². The van der Waals surface area contributed by atoms with Gasteiger partial charge in [0.1, 0.15) is 0 Å². The van der Waals surface area contributed by atoms with E-state index in [1.165, 1.54) is 7.11 Å². The molecular weight excluding hydrogens is 146 g/mol. The van der Waals surface area contributed by atoms with Crippen LogP contribution in [0.3, 0.4) is 0 Å². The summed E-state index contributed by atoms with van der Waals surface area (Å²) in [6, 6.07) is 0. The lowest BCUT2D eigenvalue weighted by Crippen LogP contribution is -2.13. The Labute approximate surface area is 66.7 Å². The van der Waals surface area contributed by atoms with Crippen LogP contribution in [0.15, 0.2) is 0 Å². The smallest absolute Gasteiger partial charge is 0.306 e. The Morgan fingerprint density at radius 3 is 2.00 bits per heavy atom. The summed E-state index contributed by atoms with van der Waals surface area (Å²) in [6.45, 7) is 4.00. The quantitative estimate of drug-likeness (QED) is 0.611. The van der Waals surface area contributed by atoms with Crippen molar-refractivity contribution in [1.29, 1.82) is 0 Å². The molecule has 2 N–H and O–H groups in total. The van der Waals surface area contributed by atoms with E-state index in [9.17, 15) is 9.59 Å². The number of primary amides is 1. The molecule has 0 aromatic heterocycles. The van der Waals surface area contributed by atoms with E-state index in [1.54, 1.807) is 0 Å². The maximum Gasteiger partial charge on any atom is 0.306 e. The minimum Gasteiger partial charge on any atom is -0.469 e. The van der Waals surface area contributed by atoms with E-state index in [1.807, 2.05) is 13.8 Å². The van der Waals surface area contributed by atoms with Crippen LogP contribution >= 0.6 is 0 Å². The number of carbonyl (C=O) groups excluding carboxylic acids is 2. The van der Waals surface area contributed by atoms with Gasteiger partial charge in [0, 0.05) is 6.42 Å². The number of nitrogens with two attached hydrogens (primary N) is 1. The van der Waals surface area contributed by atoms with E-state index in [-0.39, 0.29) is 12.8 Å². The van der Waals surface area contributed by atoms with Gasteiger partial charge in [-0.25, -0.2) is 0 Å². The summed E-state index contributed by atoms with van der Waals surface area (Å²) in [6.07, 6.45) is 0.137. The average molecular weight is 161 g/mol. The minimum absolute atomic E-state index is 0.0622. The Balaban J connectivity index is 0. The largest absolute Gasteiger partial charge is 0.469 e. The molecule has 4 nitrogen and oxygen atoms in total. The molecule has 0 aromatic rings. The highest BCUT2D eigenvalue weighted by Gasteiger charge is 2.01. The molecule has 0 saturated carbocycles. The molecule has 0 atom stereocenters. The van der Waals surface area contributed by atoms with Crippen LogP contribution in [0, 0.1) is 0 Å². The van der Waals surface area contributed by atoms with Gasteiger partial charge in [-0.2, -0.15) is 0 Å². The highest BCUT2D eigenvalue weighted by Crippen LogP contribution is 1.88. The summed E-state index contributed by atoms with van der Waals surface area (Å²) in [5, 5.41) is 0. The van der Waals surface area contributed by atoms with Crippen molar-refractivity contribution >= 4 is 11.9 Å². The predicted molar refractivity (Wildman–Crippen MR) is 41.8 cm³/mol. The second kappa shape index (κ2) is 8.94. The van der Waals surface area contributed by atoms with E-state index in [4.69, 9.17) is 5.73 Å². The van der Waals surface area contributed by atoms with Gasteiger partial charge in [-0.3, -0.25) is 9.59 Å². The van der Waals surface area contributed by atoms with E-state index in [2.05, 4.69) is 4.74 Å². The molecule has 0 heterocycles. The van der Waals surface area contributed by atoms with Crippen molar-refractivity contribution in [3.8, 4) is 0 Å². The van der Waals surface area contributed by atoms with Crippen LogP contribution in [-0.4, -0.2) is 19.0 Å². The van der Waals surface area contributed by atoms with Gasteiger partial charge in [-0.05, 0) is 0 Å². The molecule has 0 aliphatic heterocycles. The van der Waals surface area contributed by atoms with Crippen molar-refractivity contribution in [3.63, 3.8) is 0 Å². The molecule has 4 heteroatoms. The number of rotatable bonds is 3. The van der Waals surface area contributed by atoms with Gasteiger partial charge in [-0.1, -0.05) is 13.8 Å². The van der Waals surface area contributed by atoms with Gasteiger partial charge in [0.2, 0.25) is 5.91 Å². The number of methoxy groups -OCH3 is 1. The second-order valence-corrected chi connectivity index (χ2v) is 1.54. The van der Waals surface area contributed by atoms with Crippen molar-refractivity contribution in [2.45, 2.75) is 26.7 Å². The van der Waals surface area contributed by atoms with Crippen molar-refractivity contribution in [1.82, 2.24) is 0 Å². The van der Waals surface area contributed by atoms with E-state index < -0.39 is 11.9 Å². The van der Waals surface area contributed by atoms with Gasteiger partial charge in [-0.15, -0.1) is 0 Å². The summed E-state index contributed by atoms with van der Waals surface area (Å²) in [7, 11) is 1.27. The summed E-state index contributed by atoms with van der Waals surface area (Å²) in [4.78, 5) is 20.3. The molecule has 1 amide bonds. The zero-order chi connectivity index (χ0) is 9.28. The molecule has 66 valence electrons. The molecular formula is C7H15NO3. The number of hydrogen-bond acceptors (Lipinski definition) is 3. The van der Waals surface area contributed by atoms with Gasteiger partial charge in [0.05, 0.1) is 13.5 Å². The Bertz CT molecular complexity index is 123. The Morgan fingerprint density at radius 2 is 1.73 bits per heavy atom. The lowest BCUT2D eigenvalue weighted by atomic mass is 10.3. The first-order valence-corrected chi connectivity index (χ1v) is 3.52. The van der Waals surface area contributed by atoms with E-state index >= 15 is 0 Å². The number of hydrogen-bond donors (Lipinski definition) is 1.